The van der Waals surface area contributed by atoms with Gasteiger partial charge in [-0.25, -0.2) is 0 Å². The average molecular weight is 246 g/mol. The molecule has 1 aromatic carbocycles. The van der Waals surface area contributed by atoms with Crippen molar-refractivity contribution in [1.82, 2.24) is 0 Å². The Morgan fingerprint density at radius 2 is 1.94 bits per heavy atom. The van der Waals surface area contributed by atoms with Gasteiger partial charge in [-0.3, -0.25) is 0 Å². The molecule has 17 heavy (non-hydrogen) atoms. The number of benzene rings is 1. The van der Waals surface area contributed by atoms with Crippen molar-refractivity contribution in [2.24, 2.45) is 0 Å². The molecule has 2 heteroatoms. The molecule has 90 valence electrons. The molecule has 0 spiro atoms. The van der Waals surface area contributed by atoms with E-state index in [0.29, 0.717) is 0 Å². The Morgan fingerprint density at radius 3 is 2.53 bits per heavy atom. The van der Waals surface area contributed by atoms with E-state index in [0.717, 1.165) is 12.8 Å². The second-order valence-electron chi connectivity index (χ2n) is 4.33. The molecule has 0 radical (unpaired) electrons. The van der Waals surface area contributed by atoms with Gasteiger partial charge in [-0.05, 0) is 40.8 Å². The van der Waals surface area contributed by atoms with Crippen LogP contribution >= 0.6 is 11.3 Å². The van der Waals surface area contributed by atoms with Crippen molar-refractivity contribution in [3.63, 3.8) is 0 Å². The highest BCUT2D eigenvalue weighted by Crippen LogP contribution is 2.25. The summed E-state index contributed by atoms with van der Waals surface area (Å²) in [7, 11) is 0. The molecule has 0 saturated carbocycles. The van der Waals surface area contributed by atoms with E-state index in [-0.39, 0.29) is 12.0 Å². The zero-order valence-electron chi connectivity index (χ0n) is 10.0. The zero-order chi connectivity index (χ0) is 12.1. The number of thiophene rings is 1. The van der Waals surface area contributed by atoms with E-state index in [1.54, 1.807) is 11.3 Å². The maximum atomic E-state index is 10.3. The van der Waals surface area contributed by atoms with Crippen molar-refractivity contribution in [1.29, 1.82) is 0 Å². The Labute approximate surface area is 107 Å². The Hall–Kier alpha value is -1.12. The molecular formula is C15H18OS. The zero-order valence-corrected chi connectivity index (χ0v) is 10.9. The van der Waals surface area contributed by atoms with Crippen LogP contribution in [-0.2, 0) is 6.42 Å². The lowest BCUT2D eigenvalue weighted by molar-refractivity contribution is 0.141. The predicted octanol–water partition coefficient (Wildman–Crippen LogP) is 3.85. The van der Waals surface area contributed by atoms with Crippen molar-refractivity contribution in [2.75, 3.05) is 0 Å². The minimum absolute atomic E-state index is 0.232. The molecule has 0 aliphatic carbocycles. The van der Waals surface area contributed by atoms with E-state index in [2.05, 4.69) is 35.9 Å². The van der Waals surface area contributed by atoms with Gasteiger partial charge >= 0.3 is 0 Å². The molecule has 1 heterocycles. The number of aliphatic hydroxyl groups excluding tert-OH is 1. The van der Waals surface area contributed by atoms with E-state index in [1.165, 1.54) is 11.1 Å². The van der Waals surface area contributed by atoms with Gasteiger partial charge in [0.25, 0.3) is 0 Å². The summed E-state index contributed by atoms with van der Waals surface area (Å²) in [5, 5.41) is 14.5. The van der Waals surface area contributed by atoms with E-state index >= 15 is 0 Å². The van der Waals surface area contributed by atoms with Crippen LogP contribution in [0.2, 0.25) is 0 Å². The van der Waals surface area contributed by atoms with Crippen LogP contribution in [0.25, 0.3) is 0 Å². The molecule has 2 unspecified atom stereocenters. The Balaban J connectivity index is 2.08. The van der Waals surface area contributed by atoms with Crippen LogP contribution < -0.4 is 0 Å². The first-order chi connectivity index (χ1) is 8.31. The van der Waals surface area contributed by atoms with Crippen LogP contribution in [0.5, 0.6) is 0 Å². The molecule has 2 atom stereocenters. The van der Waals surface area contributed by atoms with Crippen LogP contribution in [0.15, 0.2) is 47.2 Å². The van der Waals surface area contributed by atoms with Crippen LogP contribution in [0.4, 0.5) is 0 Å². The number of aliphatic hydroxyl groups is 1. The highest BCUT2D eigenvalue weighted by atomic mass is 32.1. The summed E-state index contributed by atoms with van der Waals surface area (Å²) in [6.45, 7) is 2.13. The average Bonchev–Trinajstić information content (AvgIpc) is 2.84. The lowest BCUT2D eigenvalue weighted by atomic mass is 9.88. The largest absolute Gasteiger partial charge is 0.392 e. The first kappa shape index (κ1) is 12.3. The summed E-state index contributed by atoms with van der Waals surface area (Å²) in [6.07, 6.45) is 1.42. The van der Waals surface area contributed by atoms with Gasteiger partial charge in [0, 0.05) is 5.92 Å². The first-order valence-corrected chi connectivity index (χ1v) is 6.99. The van der Waals surface area contributed by atoms with Gasteiger partial charge in [-0.2, -0.15) is 11.3 Å². The normalized spacial score (nSPS) is 14.5. The summed E-state index contributed by atoms with van der Waals surface area (Å²) in [6, 6.07) is 12.4. The fourth-order valence-electron chi connectivity index (χ4n) is 2.22. The summed E-state index contributed by atoms with van der Waals surface area (Å²) >= 11 is 1.69. The van der Waals surface area contributed by atoms with Crippen molar-refractivity contribution in [3.05, 3.63) is 58.3 Å². The fourth-order valence-corrected chi connectivity index (χ4v) is 2.90. The smallest absolute Gasteiger partial charge is 0.0649 e. The van der Waals surface area contributed by atoms with Crippen molar-refractivity contribution >= 4 is 11.3 Å². The van der Waals surface area contributed by atoms with E-state index in [4.69, 9.17) is 0 Å². The quantitative estimate of drug-likeness (QED) is 0.849. The summed E-state index contributed by atoms with van der Waals surface area (Å²) in [5.74, 6) is 0.232. The SMILES string of the molecule is CCC(c1ccccc1)C(O)Cc1ccsc1. The highest BCUT2D eigenvalue weighted by molar-refractivity contribution is 7.07. The van der Waals surface area contributed by atoms with E-state index in [9.17, 15) is 5.11 Å². The van der Waals surface area contributed by atoms with Gasteiger partial charge in [-0.1, -0.05) is 37.3 Å². The van der Waals surface area contributed by atoms with E-state index in [1.807, 2.05) is 18.2 Å². The number of hydrogen-bond acceptors (Lipinski definition) is 2. The third-order valence-corrected chi connectivity index (χ3v) is 3.89. The second-order valence-corrected chi connectivity index (χ2v) is 5.11. The summed E-state index contributed by atoms with van der Waals surface area (Å²) in [5.41, 5.74) is 2.47. The predicted molar refractivity (Wildman–Crippen MR) is 73.5 cm³/mol. The van der Waals surface area contributed by atoms with Gasteiger partial charge in [0.1, 0.15) is 0 Å². The Kier molecular flexibility index (Phi) is 4.35. The van der Waals surface area contributed by atoms with Crippen molar-refractivity contribution in [3.8, 4) is 0 Å². The van der Waals surface area contributed by atoms with Gasteiger partial charge in [0.15, 0.2) is 0 Å². The minimum Gasteiger partial charge on any atom is -0.392 e. The van der Waals surface area contributed by atoms with Gasteiger partial charge in [0.2, 0.25) is 0 Å². The molecule has 0 bridgehead atoms. The molecular weight excluding hydrogens is 228 g/mol. The second kappa shape index (κ2) is 5.99. The fraction of sp³-hybridized carbons (Fsp3) is 0.333. The van der Waals surface area contributed by atoms with Crippen molar-refractivity contribution in [2.45, 2.75) is 31.8 Å². The number of hydrogen-bond donors (Lipinski definition) is 1. The standard InChI is InChI=1S/C15H18OS/c1-2-14(13-6-4-3-5-7-13)15(16)10-12-8-9-17-11-12/h3-9,11,14-16H,2,10H2,1H3. The van der Waals surface area contributed by atoms with Gasteiger partial charge in [0.05, 0.1) is 6.10 Å². The van der Waals surface area contributed by atoms with Gasteiger partial charge < -0.3 is 5.11 Å². The third kappa shape index (κ3) is 3.18. The molecule has 1 aromatic heterocycles. The molecule has 2 rings (SSSR count). The molecule has 0 fully saturated rings. The minimum atomic E-state index is -0.294. The van der Waals surface area contributed by atoms with Crippen LogP contribution in [0, 0.1) is 0 Å². The summed E-state index contributed by atoms with van der Waals surface area (Å²) in [4.78, 5) is 0. The lowest BCUT2D eigenvalue weighted by Gasteiger charge is -2.21. The van der Waals surface area contributed by atoms with Crippen LogP contribution in [0.3, 0.4) is 0 Å². The van der Waals surface area contributed by atoms with Crippen molar-refractivity contribution < 1.29 is 5.11 Å². The molecule has 1 nitrogen and oxygen atoms in total. The maximum absolute atomic E-state index is 10.3. The molecule has 0 amide bonds. The molecule has 0 aliphatic heterocycles. The topological polar surface area (TPSA) is 20.2 Å². The number of rotatable bonds is 5. The molecule has 0 aliphatic rings. The van der Waals surface area contributed by atoms with E-state index < -0.39 is 0 Å². The third-order valence-electron chi connectivity index (χ3n) is 3.16. The Morgan fingerprint density at radius 1 is 1.18 bits per heavy atom. The lowest BCUT2D eigenvalue weighted by Crippen LogP contribution is -2.20. The van der Waals surface area contributed by atoms with Gasteiger partial charge in [-0.15, -0.1) is 0 Å². The molecule has 2 aromatic rings. The highest BCUT2D eigenvalue weighted by Gasteiger charge is 2.19. The summed E-state index contributed by atoms with van der Waals surface area (Å²) < 4.78 is 0. The molecule has 0 saturated heterocycles. The van der Waals surface area contributed by atoms with Crippen LogP contribution in [-0.4, -0.2) is 11.2 Å². The monoisotopic (exact) mass is 246 g/mol. The Bertz CT molecular complexity index is 421. The first-order valence-electron chi connectivity index (χ1n) is 6.05. The maximum Gasteiger partial charge on any atom is 0.0649 e. The van der Waals surface area contributed by atoms with Crippen LogP contribution in [0.1, 0.15) is 30.4 Å². The molecule has 1 N–H and O–H groups in total.